The molecule has 0 radical (unpaired) electrons. The molecular weight excluding hydrogens is 168 g/mol. The van der Waals surface area contributed by atoms with Crippen LogP contribution < -0.4 is 0 Å². The number of hydrogen-bond donors (Lipinski definition) is 0. The molecule has 0 heterocycles. The molecular formula is C10H14O3. The van der Waals surface area contributed by atoms with Crippen molar-refractivity contribution < 1.29 is 14.3 Å². The highest BCUT2D eigenvalue weighted by molar-refractivity contribution is 5.66. The van der Waals surface area contributed by atoms with Gasteiger partial charge < -0.3 is 4.74 Å². The molecule has 0 unspecified atom stereocenters. The quantitative estimate of drug-likeness (QED) is 0.206. The molecule has 0 saturated carbocycles. The minimum atomic E-state index is -0.273. The predicted octanol–water partition coefficient (Wildman–Crippen LogP) is 1.64. The first-order chi connectivity index (χ1) is 6.27. The van der Waals surface area contributed by atoms with E-state index in [0.717, 1.165) is 19.1 Å². The van der Waals surface area contributed by atoms with Crippen LogP contribution in [0.15, 0.2) is 24.3 Å². The van der Waals surface area contributed by atoms with Crippen LogP contribution >= 0.6 is 0 Å². The Balaban J connectivity index is 3.26. The van der Waals surface area contributed by atoms with E-state index in [1.165, 1.54) is 13.0 Å². The van der Waals surface area contributed by atoms with Crippen LogP contribution in [0.25, 0.3) is 0 Å². The van der Waals surface area contributed by atoms with Crippen molar-refractivity contribution in [1.29, 1.82) is 0 Å². The Morgan fingerprint density at radius 1 is 1.23 bits per heavy atom. The Kier molecular flexibility index (Phi) is 7.79. The summed E-state index contributed by atoms with van der Waals surface area (Å²) in [4.78, 5) is 20.2. The van der Waals surface area contributed by atoms with Crippen LogP contribution in [0, 0.1) is 0 Å². The molecule has 0 aliphatic rings. The molecule has 0 fully saturated rings. The first kappa shape index (κ1) is 11.6. The molecule has 0 bridgehead atoms. The van der Waals surface area contributed by atoms with E-state index in [-0.39, 0.29) is 5.97 Å². The van der Waals surface area contributed by atoms with Crippen molar-refractivity contribution >= 4 is 12.3 Å². The van der Waals surface area contributed by atoms with Gasteiger partial charge in [-0.15, -0.1) is 0 Å². The topological polar surface area (TPSA) is 43.4 Å². The van der Waals surface area contributed by atoms with Crippen LogP contribution in [0.1, 0.15) is 19.8 Å². The number of hydrogen-bond acceptors (Lipinski definition) is 3. The number of carbonyl (C=O) groups excluding carboxylic acids is 2. The summed E-state index contributed by atoms with van der Waals surface area (Å²) in [6.07, 6.45) is 9.40. The van der Waals surface area contributed by atoms with Crippen molar-refractivity contribution in [3.8, 4) is 0 Å². The maximum atomic E-state index is 10.3. The monoisotopic (exact) mass is 182 g/mol. The average Bonchev–Trinajstić information content (AvgIpc) is 2.09. The van der Waals surface area contributed by atoms with E-state index in [4.69, 9.17) is 0 Å². The van der Waals surface area contributed by atoms with Gasteiger partial charge in [0.05, 0.1) is 0 Å². The molecule has 0 aromatic carbocycles. The molecule has 13 heavy (non-hydrogen) atoms. The summed E-state index contributed by atoms with van der Waals surface area (Å²) in [7, 11) is 0. The lowest BCUT2D eigenvalue weighted by Crippen LogP contribution is -1.97. The maximum absolute atomic E-state index is 10.3. The highest BCUT2D eigenvalue weighted by atomic mass is 16.5. The van der Waals surface area contributed by atoms with Crippen LogP contribution in [0.2, 0.25) is 0 Å². The van der Waals surface area contributed by atoms with Gasteiger partial charge in [0, 0.05) is 6.92 Å². The van der Waals surface area contributed by atoms with Crippen LogP contribution in [0.5, 0.6) is 0 Å². The first-order valence-corrected chi connectivity index (χ1v) is 4.16. The number of allylic oxidation sites excluding steroid dienone is 3. The Hall–Kier alpha value is -1.38. The van der Waals surface area contributed by atoms with Gasteiger partial charge in [0.15, 0.2) is 0 Å². The fraction of sp³-hybridized carbons (Fsp3) is 0.400. The summed E-state index contributed by atoms with van der Waals surface area (Å²) < 4.78 is 4.67. The number of esters is 1. The maximum Gasteiger partial charge on any atom is 0.302 e. The zero-order valence-electron chi connectivity index (χ0n) is 7.73. The van der Waals surface area contributed by atoms with E-state index in [1.54, 1.807) is 12.2 Å². The molecule has 0 aliphatic carbocycles. The van der Waals surface area contributed by atoms with Crippen LogP contribution in [0.4, 0.5) is 0 Å². The van der Waals surface area contributed by atoms with Crippen molar-refractivity contribution in [3.05, 3.63) is 24.3 Å². The van der Waals surface area contributed by atoms with Crippen molar-refractivity contribution in [2.45, 2.75) is 19.8 Å². The lowest BCUT2D eigenvalue weighted by Gasteiger charge is -1.93. The molecule has 3 nitrogen and oxygen atoms in total. The van der Waals surface area contributed by atoms with Crippen molar-refractivity contribution in [1.82, 2.24) is 0 Å². The van der Waals surface area contributed by atoms with Gasteiger partial charge in [0.2, 0.25) is 0 Å². The zero-order chi connectivity index (χ0) is 9.94. The Morgan fingerprint density at radius 2 is 1.92 bits per heavy atom. The number of unbranched alkanes of at least 4 members (excludes halogenated alkanes) is 1. The van der Waals surface area contributed by atoms with E-state index in [1.807, 2.05) is 6.08 Å². The summed E-state index contributed by atoms with van der Waals surface area (Å²) in [6, 6.07) is 0. The fourth-order valence-electron chi connectivity index (χ4n) is 0.696. The summed E-state index contributed by atoms with van der Waals surface area (Å²) in [5.41, 5.74) is 0. The Labute approximate surface area is 78.1 Å². The summed E-state index contributed by atoms with van der Waals surface area (Å²) in [6.45, 7) is 1.70. The van der Waals surface area contributed by atoms with Crippen molar-refractivity contribution in [2.24, 2.45) is 0 Å². The molecule has 0 atom stereocenters. The smallest absolute Gasteiger partial charge is 0.302 e. The fourth-order valence-corrected chi connectivity index (χ4v) is 0.696. The molecule has 3 heteroatoms. The molecule has 0 aromatic heterocycles. The van der Waals surface area contributed by atoms with Gasteiger partial charge in [0.25, 0.3) is 0 Å². The third kappa shape index (κ3) is 10.6. The lowest BCUT2D eigenvalue weighted by atomic mass is 10.3. The molecule has 0 aromatic rings. The summed E-state index contributed by atoms with van der Waals surface area (Å²) in [5.74, 6) is -0.273. The molecule has 0 rings (SSSR count). The van der Waals surface area contributed by atoms with E-state index >= 15 is 0 Å². The summed E-state index contributed by atoms with van der Waals surface area (Å²) in [5, 5.41) is 0. The Morgan fingerprint density at radius 3 is 2.54 bits per heavy atom. The van der Waals surface area contributed by atoms with Gasteiger partial charge in [-0.1, -0.05) is 18.2 Å². The SMILES string of the molecule is CC(=O)OCC=CCCC=CC=O. The number of rotatable bonds is 6. The second-order valence-electron chi connectivity index (χ2n) is 2.42. The van der Waals surface area contributed by atoms with Gasteiger partial charge in [-0.3, -0.25) is 9.59 Å². The van der Waals surface area contributed by atoms with Crippen molar-refractivity contribution in [3.63, 3.8) is 0 Å². The molecule has 0 saturated heterocycles. The van der Waals surface area contributed by atoms with Crippen LogP contribution in [-0.2, 0) is 14.3 Å². The highest BCUT2D eigenvalue weighted by Crippen LogP contribution is 1.92. The molecule has 72 valence electrons. The van der Waals surface area contributed by atoms with E-state index < -0.39 is 0 Å². The minimum Gasteiger partial charge on any atom is -0.462 e. The van der Waals surface area contributed by atoms with E-state index in [2.05, 4.69) is 4.74 Å². The van der Waals surface area contributed by atoms with Gasteiger partial charge in [-0.25, -0.2) is 0 Å². The molecule has 0 N–H and O–H groups in total. The third-order valence-corrected chi connectivity index (χ3v) is 1.26. The number of aldehydes is 1. The number of ether oxygens (including phenoxy) is 1. The Bertz CT molecular complexity index is 204. The van der Waals surface area contributed by atoms with Gasteiger partial charge in [0.1, 0.15) is 12.9 Å². The number of carbonyl (C=O) groups is 2. The standard InChI is InChI=1S/C10H14O3/c1-10(12)13-9-7-5-3-2-4-6-8-11/h4-8H,2-3,9H2,1H3. The largest absolute Gasteiger partial charge is 0.462 e. The summed E-state index contributed by atoms with van der Waals surface area (Å²) >= 11 is 0. The average molecular weight is 182 g/mol. The predicted molar refractivity (Wildman–Crippen MR) is 50.2 cm³/mol. The van der Waals surface area contributed by atoms with Crippen LogP contribution in [0.3, 0.4) is 0 Å². The van der Waals surface area contributed by atoms with E-state index in [0.29, 0.717) is 6.61 Å². The zero-order valence-corrected chi connectivity index (χ0v) is 7.73. The highest BCUT2D eigenvalue weighted by Gasteiger charge is 1.85. The van der Waals surface area contributed by atoms with Gasteiger partial charge in [-0.2, -0.15) is 0 Å². The first-order valence-electron chi connectivity index (χ1n) is 4.16. The van der Waals surface area contributed by atoms with Crippen LogP contribution in [-0.4, -0.2) is 18.9 Å². The van der Waals surface area contributed by atoms with Crippen molar-refractivity contribution in [2.75, 3.05) is 6.61 Å². The minimum absolute atomic E-state index is 0.273. The molecule has 0 aliphatic heterocycles. The van der Waals surface area contributed by atoms with Gasteiger partial charge in [-0.05, 0) is 18.9 Å². The van der Waals surface area contributed by atoms with Gasteiger partial charge >= 0.3 is 5.97 Å². The molecule has 0 amide bonds. The second-order valence-corrected chi connectivity index (χ2v) is 2.42. The lowest BCUT2D eigenvalue weighted by molar-refractivity contribution is -0.139. The normalized spacial score (nSPS) is 10.8. The van der Waals surface area contributed by atoms with E-state index in [9.17, 15) is 9.59 Å². The third-order valence-electron chi connectivity index (χ3n) is 1.26. The second kappa shape index (κ2) is 8.71. The molecule has 0 spiro atoms.